The van der Waals surface area contributed by atoms with Crippen LogP contribution >= 0.6 is 0 Å². The van der Waals surface area contributed by atoms with Gasteiger partial charge in [0.1, 0.15) is 5.75 Å². The summed E-state index contributed by atoms with van der Waals surface area (Å²) in [7, 11) is 0. The van der Waals surface area contributed by atoms with Gasteiger partial charge < -0.3 is 10.1 Å². The van der Waals surface area contributed by atoms with Gasteiger partial charge in [-0.3, -0.25) is 0 Å². The molecule has 0 aliphatic rings. The van der Waals surface area contributed by atoms with Gasteiger partial charge in [-0.25, -0.2) is 4.98 Å². The number of nitrogens with one attached hydrogen (secondary N) is 1. The van der Waals surface area contributed by atoms with Crippen LogP contribution < -0.4 is 10.1 Å². The van der Waals surface area contributed by atoms with Gasteiger partial charge in [-0.05, 0) is 29.7 Å². The minimum absolute atomic E-state index is 0.433. The van der Waals surface area contributed by atoms with Crippen molar-refractivity contribution in [2.45, 2.75) is 46.2 Å². The first-order valence-corrected chi connectivity index (χ1v) is 7.51. The molecule has 0 fully saturated rings. The number of pyridine rings is 1. The number of rotatable bonds is 6. The monoisotopic (exact) mass is 284 g/mol. The molecule has 3 nitrogen and oxygen atoms in total. The van der Waals surface area contributed by atoms with Gasteiger partial charge in [0.15, 0.2) is 0 Å². The van der Waals surface area contributed by atoms with Crippen LogP contribution in [-0.4, -0.2) is 11.0 Å². The van der Waals surface area contributed by atoms with Gasteiger partial charge in [0.2, 0.25) is 5.88 Å². The Morgan fingerprint density at radius 3 is 2.62 bits per heavy atom. The van der Waals surface area contributed by atoms with Crippen LogP contribution in [-0.2, 0) is 6.54 Å². The minimum atomic E-state index is 0.433. The molecule has 0 bridgehead atoms. The lowest BCUT2D eigenvalue weighted by Crippen LogP contribution is -2.22. The summed E-state index contributed by atoms with van der Waals surface area (Å²) < 4.78 is 5.98. The van der Waals surface area contributed by atoms with E-state index >= 15 is 0 Å². The topological polar surface area (TPSA) is 34.2 Å². The molecule has 3 heteroatoms. The molecule has 0 radical (unpaired) electrons. The lowest BCUT2D eigenvalue weighted by molar-refractivity contribution is 0.449. The lowest BCUT2D eigenvalue weighted by Gasteiger charge is -2.13. The molecule has 0 saturated heterocycles. The molecule has 2 rings (SSSR count). The molecule has 0 aliphatic carbocycles. The predicted octanol–water partition coefficient (Wildman–Crippen LogP) is 4.50. The van der Waals surface area contributed by atoms with E-state index in [1.165, 1.54) is 5.56 Å². The second-order valence-electron chi connectivity index (χ2n) is 5.83. The van der Waals surface area contributed by atoms with E-state index in [4.69, 9.17) is 4.74 Å². The first-order chi connectivity index (χ1) is 10.1. The van der Waals surface area contributed by atoms with E-state index in [0.717, 1.165) is 17.9 Å². The molecule has 0 spiro atoms. The SMILES string of the molecule is CC(C)NCc1cccnc1Oc1cccc(C(C)C)c1. The highest BCUT2D eigenvalue weighted by Crippen LogP contribution is 2.26. The molecule has 0 aliphatic heterocycles. The number of aromatic nitrogens is 1. The molecule has 1 aromatic carbocycles. The third-order valence-electron chi connectivity index (χ3n) is 3.29. The predicted molar refractivity (Wildman–Crippen MR) is 86.8 cm³/mol. The van der Waals surface area contributed by atoms with E-state index in [-0.39, 0.29) is 0 Å². The van der Waals surface area contributed by atoms with E-state index in [2.05, 4.69) is 50.1 Å². The van der Waals surface area contributed by atoms with Crippen molar-refractivity contribution >= 4 is 0 Å². The zero-order chi connectivity index (χ0) is 15.2. The molecule has 0 saturated carbocycles. The van der Waals surface area contributed by atoms with E-state index in [0.29, 0.717) is 17.8 Å². The molecule has 21 heavy (non-hydrogen) atoms. The molecule has 0 amide bonds. The van der Waals surface area contributed by atoms with Crippen LogP contribution in [0.5, 0.6) is 11.6 Å². The third-order valence-corrected chi connectivity index (χ3v) is 3.29. The molecule has 2 aromatic rings. The van der Waals surface area contributed by atoms with Crippen LogP contribution in [0.2, 0.25) is 0 Å². The second-order valence-corrected chi connectivity index (χ2v) is 5.83. The molecule has 1 aromatic heterocycles. The number of hydrogen-bond acceptors (Lipinski definition) is 3. The number of benzene rings is 1. The van der Waals surface area contributed by atoms with Crippen LogP contribution in [0.25, 0.3) is 0 Å². The molecule has 0 unspecified atom stereocenters. The van der Waals surface area contributed by atoms with Crippen LogP contribution in [0, 0.1) is 0 Å². The largest absolute Gasteiger partial charge is 0.439 e. The zero-order valence-electron chi connectivity index (χ0n) is 13.3. The van der Waals surface area contributed by atoms with Crippen LogP contribution in [0.4, 0.5) is 0 Å². The lowest BCUT2D eigenvalue weighted by atomic mass is 10.0. The number of nitrogens with zero attached hydrogens (tertiary/aromatic N) is 1. The van der Waals surface area contributed by atoms with Crippen LogP contribution in [0.1, 0.15) is 44.7 Å². The fraction of sp³-hybridized carbons (Fsp3) is 0.389. The summed E-state index contributed by atoms with van der Waals surface area (Å²) in [6.07, 6.45) is 1.76. The highest BCUT2D eigenvalue weighted by Gasteiger charge is 2.08. The maximum absolute atomic E-state index is 5.98. The fourth-order valence-electron chi connectivity index (χ4n) is 2.01. The average Bonchev–Trinajstić information content (AvgIpc) is 2.46. The number of hydrogen-bond donors (Lipinski definition) is 1. The van der Waals surface area contributed by atoms with Gasteiger partial charge in [0, 0.05) is 24.3 Å². The quantitative estimate of drug-likeness (QED) is 0.848. The normalized spacial score (nSPS) is 11.1. The van der Waals surface area contributed by atoms with Gasteiger partial charge >= 0.3 is 0 Å². The molecule has 0 atom stereocenters. The van der Waals surface area contributed by atoms with Gasteiger partial charge in [0.05, 0.1) is 0 Å². The summed E-state index contributed by atoms with van der Waals surface area (Å²) in [5, 5.41) is 3.40. The summed E-state index contributed by atoms with van der Waals surface area (Å²) in [6.45, 7) is 9.37. The minimum Gasteiger partial charge on any atom is -0.439 e. The van der Waals surface area contributed by atoms with Gasteiger partial charge in [-0.1, -0.05) is 45.9 Å². The molecular formula is C18H24N2O. The van der Waals surface area contributed by atoms with Crippen molar-refractivity contribution in [2.75, 3.05) is 0 Å². The Labute approximate surface area is 127 Å². The summed E-state index contributed by atoms with van der Waals surface area (Å²) in [5.41, 5.74) is 2.34. The Balaban J connectivity index is 2.17. The van der Waals surface area contributed by atoms with Crippen molar-refractivity contribution in [3.63, 3.8) is 0 Å². The number of ether oxygens (including phenoxy) is 1. The molecular weight excluding hydrogens is 260 g/mol. The first kappa shape index (κ1) is 15.5. The Morgan fingerprint density at radius 1 is 1.10 bits per heavy atom. The fourth-order valence-corrected chi connectivity index (χ4v) is 2.01. The van der Waals surface area contributed by atoms with Crippen molar-refractivity contribution in [3.05, 3.63) is 53.7 Å². The van der Waals surface area contributed by atoms with E-state index in [1.807, 2.05) is 24.3 Å². The summed E-state index contributed by atoms with van der Waals surface area (Å²) in [4.78, 5) is 4.36. The highest BCUT2D eigenvalue weighted by atomic mass is 16.5. The maximum atomic E-state index is 5.98. The van der Waals surface area contributed by atoms with Gasteiger partial charge in [-0.2, -0.15) is 0 Å². The van der Waals surface area contributed by atoms with Crippen molar-refractivity contribution in [1.29, 1.82) is 0 Å². The Bertz CT molecular complexity index is 579. The second kappa shape index (κ2) is 7.23. The molecule has 1 N–H and O–H groups in total. The van der Waals surface area contributed by atoms with E-state index in [1.54, 1.807) is 6.20 Å². The first-order valence-electron chi connectivity index (χ1n) is 7.51. The summed E-state index contributed by atoms with van der Waals surface area (Å²) in [5.74, 6) is 2.00. The van der Waals surface area contributed by atoms with Crippen molar-refractivity contribution < 1.29 is 4.74 Å². The van der Waals surface area contributed by atoms with E-state index in [9.17, 15) is 0 Å². The zero-order valence-corrected chi connectivity index (χ0v) is 13.3. The molecule has 112 valence electrons. The van der Waals surface area contributed by atoms with Crippen molar-refractivity contribution in [2.24, 2.45) is 0 Å². The van der Waals surface area contributed by atoms with Crippen molar-refractivity contribution in [3.8, 4) is 11.6 Å². The van der Waals surface area contributed by atoms with Crippen LogP contribution in [0.15, 0.2) is 42.6 Å². The van der Waals surface area contributed by atoms with Gasteiger partial charge in [0.25, 0.3) is 0 Å². The standard InChI is InChI=1S/C18H24N2O/c1-13(2)15-7-5-9-17(11-15)21-18-16(8-6-10-19-18)12-20-14(3)4/h5-11,13-14,20H,12H2,1-4H3. The average molecular weight is 284 g/mol. The van der Waals surface area contributed by atoms with Gasteiger partial charge in [-0.15, -0.1) is 0 Å². The highest BCUT2D eigenvalue weighted by molar-refractivity contribution is 5.35. The third kappa shape index (κ3) is 4.57. The Hall–Kier alpha value is -1.87. The smallest absolute Gasteiger partial charge is 0.223 e. The van der Waals surface area contributed by atoms with Crippen LogP contribution in [0.3, 0.4) is 0 Å². The summed E-state index contributed by atoms with van der Waals surface area (Å²) in [6, 6.07) is 12.6. The van der Waals surface area contributed by atoms with E-state index < -0.39 is 0 Å². The maximum Gasteiger partial charge on any atom is 0.223 e. The van der Waals surface area contributed by atoms with Crippen molar-refractivity contribution in [1.82, 2.24) is 10.3 Å². The Kier molecular flexibility index (Phi) is 5.34. The molecule has 1 heterocycles. The summed E-state index contributed by atoms with van der Waals surface area (Å²) >= 11 is 0. The Morgan fingerprint density at radius 2 is 1.90 bits per heavy atom.